The van der Waals surface area contributed by atoms with Crippen LogP contribution in [-0.4, -0.2) is 39.7 Å². The van der Waals surface area contributed by atoms with E-state index < -0.39 is 6.04 Å². The van der Waals surface area contributed by atoms with Crippen LogP contribution in [0, 0.1) is 0 Å². The number of carbonyl (C=O) groups excluding carboxylic acids is 1. The first-order valence-electron chi connectivity index (χ1n) is 7.11. The molecule has 7 heteroatoms. The lowest BCUT2D eigenvalue weighted by molar-refractivity contribution is -0.123. The molecule has 0 bridgehead atoms. The van der Waals surface area contributed by atoms with Gasteiger partial charge in [0.1, 0.15) is 17.5 Å². The van der Waals surface area contributed by atoms with Gasteiger partial charge in [-0.3, -0.25) is 4.79 Å². The maximum atomic E-state index is 11.6. The Morgan fingerprint density at radius 1 is 1.50 bits per heavy atom. The van der Waals surface area contributed by atoms with Gasteiger partial charge in [-0.1, -0.05) is 5.21 Å². The first-order valence-corrected chi connectivity index (χ1v) is 7.11. The van der Waals surface area contributed by atoms with Gasteiger partial charge in [-0.25, -0.2) is 4.68 Å². The van der Waals surface area contributed by atoms with Gasteiger partial charge in [0.25, 0.3) is 0 Å². The van der Waals surface area contributed by atoms with Gasteiger partial charge in [0, 0.05) is 18.2 Å². The highest BCUT2D eigenvalue weighted by Gasteiger charge is 2.16. The van der Waals surface area contributed by atoms with Crippen LogP contribution in [-0.2, 0) is 11.4 Å². The maximum absolute atomic E-state index is 11.6. The number of nitrogens with zero attached hydrogens (tertiary/aromatic N) is 3. The molecule has 2 N–H and O–H groups in total. The predicted octanol–water partition coefficient (Wildman–Crippen LogP) is 1.14. The Balaban J connectivity index is 2.29. The molecule has 0 unspecified atom stereocenters. The summed E-state index contributed by atoms with van der Waals surface area (Å²) in [4.78, 5) is 11.6. The van der Waals surface area contributed by atoms with Gasteiger partial charge in [-0.2, -0.15) is 0 Å². The average Bonchev–Trinajstić information content (AvgIpc) is 3.04. The van der Waals surface area contributed by atoms with E-state index in [-0.39, 0.29) is 12.5 Å². The van der Waals surface area contributed by atoms with Gasteiger partial charge in [-0.15, -0.1) is 5.10 Å². The maximum Gasteiger partial charge on any atom is 0.244 e. The minimum absolute atomic E-state index is 0.119. The van der Waals surface area contributed by atoms with Crippen LogP contribution in [0.15, 0.2) is 24.4 Å². The highest BCUT2D eigenvalue weighted by Crippen LogP contribution is 2.26. The molecular weight excluding hydrogens is 284 g/mol. The molecule has 0 saturated carbocycles. The number of hydrogen-bond acceptors (Lipinski definition) is 5. The Hall–Kier alpha value is -2.41. The molecule has 0 fully saturated rings. The molecule has 0 aliphatic heterocycles. The normalized spacial score (nSPS) is 12.0. The number of rotatable bonds is 6. The van der Waals surface area contributed by atoms with Crippen LogP contribution in [0.2, 0.25) is 0 Å². The first kappa shape index (κ1) is 16.0. The summed E-state index contributed by atoms with van der Waals surface area (Å²) in [5, 5.41) is 20.1. The van der Waals surface area contributed by atoms with Crippen molar-refractivity contribution in [2.45, 2.75) is 26.5 Å². The second-order valence-corrected chi connectivity index (χ2v) is 4.79. The topological polar surface area (TPSA) is 89.3 Å². The third-order valence-electron chi connectivity index (χ3n) is 3.36. The summed E-state index contributed by atoms with van der Waals surface area (Å²) in [6.07, 6.45) is 1.71. The molecule has 0 radical (unpaired) electrons. The van der Waals surface area contributed by atoms with Crippen LogP contribution >= 0.6 is 0 Å². The molecular formula is C15H20N4O3. The van der Waals surface area contributed by atoms with Crippen LogP contribution in [0.25, 0.3) is 11.3 Å². The fraction of sp³-hybridized carbons (Fsp3) is 0.400. The summed E-state index contributed by atoms with van der Waals surface area (Å²) in [6.45, 7) is 4.05. The molecule has 2 rings (SSSR count). The number of ether oxygens (including phenoxy) is 1. The monoisotopic (exact) mass is 304 g/mol. The van der Waals surface area contributed by atoms with Crippen LogP contribution in [0.3, 0.4) is 0 Å². The van der Waals surface area contributed by atoms with Crippen LogP contribution in [0.1, 0.15) is 25.5 Å². The smallest absolute Gasteiger partial charge is 0.244 e. The van der Waals surface area contributed by atoms with Crippen molar-refractivity contribution in [3.63, 3.8) is 0 Å². The zero-order valence-corrected chi connectivity index (χ0v) is 12.9. The van der Waals surface area contributed by atoms with Gasteiger partial charge < -0.3 is 15.2 Å². The number of carbonyl (C=O) groups is 1. The third-order valence-corrected chi connectivity index (χ3v) is 3.36. The number of nitrogens with one attached hydrogen (secondary N) is 1. The quantitative estimate of drug-likeness (QED) is 0.835. The molecule has 0 spiro atoms. The standard InChI is InChI=1S/C15H20N4O3/c1-4-22-14-6-5-11(7-12(14)9-20)13-8-19(18-17-13)10(2)15(21)16-3/h5-8,10,20H,4,9H2,1-3H3,(H,16,21)/t10-/m1/s1. The lowest BCUT2D eigenvalue weighted by atomic mass is 10.1. The second kappa shape index (κ2) is 7.04. The SMILES string of the molecule is CCOc1ccc(-c2cn([C@H](C)C(=O)NC)nn2)cc1CO. The van der Waals surface area contributed by atoms with Crippen molar-refractivity contribution in [1.82, 2.24) is 20.3 Å². The summed E-state index contributed by atoms with van der Waals surface area (Å²) in [6, 6.07) is 5.02. The van der Waals surface area contributed by atoms with Crippen molar-refractivity contribution in [1.29, 1.82) is 0 Å². The van der Waals surface area contributed by atoms with Crippen molar-refractivity contribution >= 4 is 5.91 Å². The molecule has 2 aromatic rings. The highest BCUT2D eigenvalue weighted by molar-refractivity contribution is 5.79. The Morgan fingerprint density at radius 3 is 2.91 bits per heavy atom. The van der Waals surface area contributed by atoms with Crippen LogP contribution in [0.4, 0.5) is 0 Å². The van der Waals surface area contributed by atoms with E-state index in [1.54, 1.807) is 26.2 Å². The lowest BCUT2D eigenvalue weighted by Crippen LogP contribution is -2.28. The third kappa shape index (κ3) is 3.25. The lowest BCUT2D eigenvalue weighted by Gasteiger charge is -2.09. The number of hydrogen-bond donors (Lipinski definition) is 2. The summed E-state index contributed by atoms with van der Waals surface area (Å²) in [5.74, 6) is 0.513. The molecule has 0 saturated heterocycles. The van der Waals surface area contributed by atoms with E-state index in [4.69, 9.17) is 4.74 Å². The molecule has 1 atom stereocenters. The molecule has 1 amide bonds. The summed E-state index contributed by atoms with van der Waals surface area (Å²) >= 11 is 0. The van der Waals surface area contributed by atoms with Gasteiger partial charge in [0.05, 0.1) is 19.4 Å². The minimum atomic E-state index is -0.439. The molecule has 0 aliphatic rings. The van der Waals surface area contributed by atoms with Crippen molar-refractivity contribution < 1.29 is 14.6 Å². The molecule has 1 heterocycles. The Kier molecular flexibility index (Phi) is 5.11. The molecule has 118 valence electrons. The number of amides is 1. The predicted molar refractivity (Wildman–Crippen MR) is 81.3 cm³/mol. The molecule has 22 heavy (non-hydrogen) atoms. The summed E-state index contributed by atoms with van der Waals surface area (Å²) < 4.78 is 6.96. The van der Waals surface area contributed by atoms with Crippen molar-refractivity contribution in [3.05, 3.63) is 30.0 Å². The number of benzene rings is 1. The van der Waals surface area contributed by atoms with E-state index in [0.29, 0.717) is 23.6 Å². The van der Waals surface area contributed by atoms with E-state index >= 15 is 0 Å². The Labute approximate surface area is 128 Å². The molecule has 0 aliphatic carbocycles. The Bertz CT molecular complexity index is 654. The fourth-order valence-electron chi connectivity index (χ4n) is 2.09. The van der Waals surface area contributed by atoms with Gasteiger partial charge in [0.2, 0.25) is 5.91 Å². The fourth-order valence-corrected chi connectivity index (χ4v) is 2.09. The van der Waals surface area contributed by atoms with Crippen LogP contribution in [0.5, 0.6) is 5.75 Å². The van der Waals surface area contributed by atoms with E-state index in [1.807, 2.05) is 19.1 Å². The highest BCUT2D eigenvalue weighted by atomic mass is 16.5. The molecule has 7 nitrogen and oxygen atoms in total. The van der Waals surface area contributed by atoms with E-state index in [9.17, 15) is 9.90 Å². The van der Waals surface area contributed by atoms with E-state index in [2.05, 4.69) is 15.6 Å². The second-order valence-electron chi connectivity index (χ2n) is 4.79. The van der Waals surface area contributed by atoms with Gasteiger partial charge in [-0.05, 0) is 32.0 Å². The van der Waals surface area contributed by atoms with Crippen LogP contribution < -0.4 is 10.1 Å². The molecule has 1 aromatic carbocycles. The molecule has 1 aromatic heterocycles. The van der Waals surface area contributed by atoms with Gasteiger partial charge >= 0.3 is 0 Å². The zero-order valence-electron chi connectivity index (χ0n) is 12.9. The summed E-state index contributed by atoms with van der Waals surface area (Å²) in [5.41, 5.74) is 2.13. The van der Waals surface area contributed by atoms with Crippen molar-refractivity contribution in [2.24, 2.45) is 0 Å². The first-order chi connectivity index (χ1) is 10.6. The van der Waals surface area contributed by atoms with Gasteiger partial charge in [0.15, 0.2) is 0 Å². The van der Waals surface area contributed by atoms with E-state index in [0.717, 1.165) is 5.56 Å². The summed E-state index contributed by atoms with van der Waals surface area (Å²) in [7, 11) is 1.58. The minimum Gasteiger partial charge on any atom is -0.494 e. The average molecular weight is 304 g/mol. The zero-order chi connectivity index (χ0) is 16.1. The number of aromatic nitrogens is 3. The number of aliphatic hydroxyl groups excluding tert-OH is 1. The number of likely N-dealkylation sites (N-methyl/N-ethyl adjacent to an activating group) is 1. The van der Waals surface area contributed by atoms with E-state index in [1.165, 1.54) is 4.68 Å². The van der Waals surface area contributed by atoms with Crippen molar-refractivity contribution in [3.8, 4) is 17.0 Å². The largest absolute Gasteiger partial charge is 0.494 e. The Morgan fingerprint density at radius 2 is 2.27 bits per heavy atom. The van der Waals surface area contributed by atoms with Crippen molar-refractivity contribution in [2.75, 3.05) is 13.7 Å². The number of aliphatic hydroxyl groups is 1.